The summed E-state index contributed by atoms with van der Waals surface area (Å²) in [6, 6.07) is 6.00. The number of amides is 1. The van der Waals surface area contributed by atoms with Crippen molar-refractivity contribution in [1.29, 1.82) is 0 Å². The van der Waals surface area contributed by atoms with Crippen molar-refractivity contribution in [3.05, 3.63) is 34.9 Å². The van der Waals surface area contributed by atoms with Gasteiger partial charge in [-0.3, -0.25) is 4.79 Å². The quantitative estimate of drug-likeness (QED) is 0.827. The molecule has 4 nitrogen and oxygen atoms in total. The van der Waals surface area contributed by atoms with Gasteiger partial charge in [-0.25, -0.2) is 0 Å². The molecule has 1 aliphatic carbocycles. The molecule has 4 heteroatoms. The van der Waals surface area contributed by atoms with E-state index >= 15 is 0 Å². The molecular weight excluding hydrogens is 228 g/mol. The fourth-order valence-corrected chi connectivity index (χ4v) is 2.73. The average molecular weight is 246 g/mol. The number of carbonyl (C=O) groups is 1. The van der Waals surface area contributed by atoms with E-state index in [1.165, 1.54) is 5.56 Å². The summed E-state index contributed by atoms with van der Waals surface area (Å²) in [5.41, 5.74) is 8.98. The topological polar surface area (TPSA) is 64.3 Å². The molecule has 2 unspecified atom stereocenters. The summed E-state index contributed by atoms with van der Waals surface area (Å²) >= 11 is 0. The van der Waals surface area contributed by atoms with Crippen molar-refractivity contribution < 1.29 is 9.53 Å². The van der Waals surface area contributed by atoms with Crippen LogP contribution in [0.3, 0.4) is 0 Å². The Hall–Kier alpha value is -1.39. The molecule has 18 heavy (non-hydrogen) atoms. The molecule has 0 radical (unpaired) electrons. The van der Waals surface area contributed by atoms with E-state index in [9.17, 15) is 4.79 Å². The van der Waals surface area contributed by atoms with Crippen LogP contribution >= 0.6 is 0 Å². The highest BCUT2D eigenvalue weighted by atomic mass is 16.5. The highest BCUT2D eigenvalue weighted by molar-refractivity contribution is 5.94. The van der Waals surface area contributed by atoms with Crippen LogP contribution in [0.5, 0.6) is 0 Å². The lowest BCUT2D eigenvalue weighted by Gasteiger charge is -2.17. The summed E-state index contributed by atoms with van der Waals surface area (Å²) in [5, 5.41) is 3.03. The number of ether oxygens (including phenoxy) is 1. The number of rotatable bonds is 2. The standard InChI is InChI=1S/C14H18N2O2/c15-12-2-1-3-13(12)16-14(17)9-4-5-10-7-18-8-11(10)6-9/h4-6,12-13H,1-3,7-8,15H2,(H,16,17). The van der Waals surface area contributed by atoms with Crippen LogP contribution in [0.4, 0.5) is 0 Å². The number of hydrogen-bond donors (Lipinski definition) is 2. The molecule has 3 N–H and O–H groups in total. The molecule has 2 atom stereocenters. The summed E-state index contributed by atoms with van der Waals surface area (Å²) in [6.45, 7) is 1.27. The zero-order chi connectivity index (χ0) is 12.5. The molecule has 1 aromatic carbocycles. The zero-order valence-electron chi connectivity index (χ0n) is 10.3. The Balaban J connectivity index is 1.72. The molecule has 0 bridgehead atoms. The second-order valence-electron chi connectivity index (χ2n) is 5.15. The van der Waals surface area contributed by atoms with E-state index in [2.05, 4.69) is 5.32 Å². The molecule has 3 rings (SSSR count). The van der Waals surface area contributed by atoms with Gasteiger partial charge in [0.05, 0.1) is 13.2 Å². The van der Waals surface area contributed by atoms with Gasteiger partial charge in [0, 0.05) is 17.6 Å². The molecule has 0 saturated heterocycles. The summed E-state index contributed by atoms with van der Waals surface area (Å²) in [5.74, 6) is -0.0212. The Labute approximate surface area is 107 Å². The highest BCUT2D eigenvalue weighted by Gasteiger charge is 2.26. The lowest BCUT2D eigenvalue weighted by Crippen LogP contribution is -2.43. The van der Waals surface area contributed by atoms with Gasteiger partial charge in [0.15, 0.2) is 0 Å². The van der Waals surface area contributed by atoms with Crippen molar-refractivity contribution in [3.63, 3.8) is 0 Å². The Morgan fingerprint density at radius 1 is 1.28 bits per heavy atom. The van der Waals surface area contributed by atoms with Crippen molar-refractivity contribution in [1.82, 2.24) is 5.32 Å². The summed E-state index contributed by atoms with van der Waals surface area (Å²) in [4.78, 5) is 12.1. The van der Waals surface area contributed by atoms with E-state index in [0.29, 0.717) is 18.8 Å². The predicted molar refractivity (Wildman–Crippen MR) is 68.0 cm³/mol. The summed E-state index contributed by atoms with van der Waals surface area (Å²) in [7, 11) is 0. The first kappa shape index (κ1) is 11.7. The molecule has 1 aromatic rings. The number of nitrogens with two attached hydrogens (primary N) is 1. The molecule has 96 valence electrons. The van der Waals surface area contributed by atoms with Crippen LogP contribution in [0.15, 0.2) is 18.2 Å². The van der Waals surface area contributed by atoms with Gasteiger partial charge in [-0.1, -0.05) is 6.07 Å². The van der Waals surface area contributed by atoms with E-state index in [4.69, 9.17) is 10.5 Å². The number of carbonyl (C=O) groups excluding carboxylic acids is 1. The van der Waals surface area contributed by atoms with Crippen molar-refractivity contribution in [2.75, 3.05) is 0 Å². The van der Waals surface area contributed by atoms with Gasteiger partial charge in [-0.15, -0.1) is 0 Å². The van der Waals surface area contributed by atoms with Crippen molar-refractivity contribution in [2.45, 2.75) is 44.6 Å². The first-order valence-electron chi connectivity index (χ1n) is 6.50. The van der Waals surface area contributed by atoms with Crippen LogP contribution in [0.25, 0.3) is 0 Å². The van der Waals surface area contributed by atoms with E-state index in [1.54, 1.807) is 0 Å². The molecule has 0 spiro atoms. The van der Waals surface area contributed by atoms with Crippen LogP contribution < -0.4 is 11.1 Å². The monoisotopic (exact) mass is 246 g/mol. The van der Waals surface area contributed by atoms with Crippen molar-refractivity contribution in [3.8, 4) is 0 Å². The SMILES string of the molecule is NC1CCCC1NC(=O)c1ccc2c(c1)COC2. The lowest BCUT2D eigenvalue weighted by molar-refractivity contribution is 0.0934. The Bertz CT molecular complexity index is 473. The molecule has 0 aromatic heterocycles. The number of benzene rings is 1. The second kappa shape index (κ2) is 4.71. The fraction of sp³-hybridized carbons (Fsp3) is 0.500. The Morgan fingerprint density at radius 2 is 2.11 bits per heavy atom. The lowest BCUT2D eigenvalue weighted by atomic mass is 10.1. The molecule has 1 saturated carbocycles. The second-order valence-corrected chi connectivity index (χ2v) is 5.15. The number of hydrogen-bond acceptors (Lipinski definition) is 3. The van der Waals surface area contributed by atoms with Crippen LogP contribution in [0.2, 0.25) is 0 Å². The summed E-state index contributed by atoms with van der Waals surface area (Å²) in [6.07, 6.45) is 3.09. The smallest absolute Gasteiger partial charge is 0.251 e. The Morgan fingerprint density at radius 3 is 2.89 bits per heavy atom. The minimum Gasteiger partial charge on any atom is -0.372 e. The first-order valence-corrected chi connectivity index (χ1v) is 6.50. The van der Waals surface area contributed by atoms with Crippen LogP contribution in [0, 0.1) is 0 Å². The first-order chi connectivity index (χ1) is 8.74. The van der Waals surface area contributed by atoms with Crippen molar-refractivity contribution >= 4 is 5.91 Å². The van der Waals surface area contributed by atoms with Gasteiger partial charge in [0.1, 0.15) is 0 Å². The summed E-state index contributed by atoms with van der Waals surface area (Å²) < 4.78 is 5.35. The molecule has 2 aliphatic rings. The predicted octanol–water partition coefficient (Wildman–Crippen LogP) is 1.33. The van der Waals surface area contributed by atoms with Gasteiger partial charge in [-0.2, -0.15) is 0 Å². The van der Waals surface area contributed by atoms with Crippen molar-refractivity contribution in [2.24, 2.45) is 5.73 Å². The van der Waals surface area contributed by atoms with Crippen LogP contribution in [0.1, 0.15) is 40.7 Å². The third kappa shape index (κ3) is 2.13. The largest absolute Gasteiger partial charge is 0.372 e. The van der Waals surface area contributed by atoms with Gasteiger partial charge < -0.3 is 15.8 Å². The average Bonchev–Trinajstić information content (AvgIpc) is 2.98. The molecule has 1 aliphatic heterocycles. The molecular formula is C14H18N2O2. The minimum atomic E-state index is -0.0212. The van der Waals surface area contributed by atoms with Gasteiger partial charge in [-0.05, 0) is 42.5 Å². The third-order valence-electron chi connectivity index (χ3n) is 3.87. The fourth-order valence-electron chi connectivity index (χ4n) is 2.73. The molecule has 1 amide bonds. The molecule has 1 fully saturated rings. The molecule has 1 heterocycles. The van der Waals surface area contributed by atoms with Crippen LogP contribution in [-0.4, -0.2) is 18.0 Å². The van der Waals surface area contributed by atoms with E-state index in [1.807, 2.05) is 18.2 Å². The normalized spacial score (nSPS) is 26.1. The maximum atomic E-state index is 12.1. The van der Waals surface area contributed by atoms with E-state index in [-0.39, 0.29) is 18.0 Å². The maximum Gasteiger partial charge on any atom is 0.251 e. The van der Waals surface area contributed by atoms with Crippen LogP contribution in [-0.2, 0) is 18.0 Å². The van der Waals surface area contributed by atoms with E-state index < -0.39 is 0 Å². The van der Waals surface area contributed by atoms with E-state index in [0.717, 1.165) is 24.8 Å². The third-order valence-corrected chi connectivity index (χ3v) is 3.87. The van der Waals surface area contributed by atoms with Gasteiger partial charge >= 0.3 is 0 Å². The highest BCUT2D eigenvalue weighted by Crippen LogP contribution is 2.22. The zero-order valence-corrected chi connectivity index (χ0v) is 10.3. The Kier molecular flexibility index (Phi) is 3.06. The number of fused-ring (bicyclic) bond motifs is 1. The maximum absolute atomic E-state index is 12.1. The minimum absolute atomic E-state index is 0.0212. The number of nitrogens with one attached hydrogen (secondary N) is 1. The van der Waals surface area contributed by atoms with Gasteiger partial charge in [0.2, 0.25) is 0 Å². The van der Waals surface area contributed by atoms with Gasteiger partial charge in [0.25, 0.3) is 5.91 Å².